The van der Waals surface area contributed by atoms with Crippen molar-refractivity contribution in [2.24, 2.45) is 17.6 Å². The summed E-state index contributed by atoms with van der Waals surface area (Å²) in [7, 11) is 0. The second-order valence-corrected chi connectivity index (χ2v) is 5.24. The highest BCUT2D eigenvalue weighted by Gasteiger charge is 2.26. The Morgan fingerprint density at radius 3 is 2.65 bits per heavy atom. The van der Waals surface area contributed by atoms with Crippen LogP contribution in [0.5, 0.6) is 0 Å². The second kappa shape index (κ2) is 5.58. The van der Waals surface area contributed by atoms with Gasteiger partial charge in [0, 0.05) is 12.2 Å². The zero-order chi connectivity index (χ0) is 12.3. The molecule has 94 valence electrons. The summed E-state index contributed by atoms with van der Waals surface area (Å²) in [6.07, 6.45) is 8.30. The number of rotatable bonds is 3. The van der Waals surface area contributed by atoms with E-state index in [2.05, 4.69) is 16.9 Å². The molecule has 1 saturated carbocycles. The number of nitrogens with two attached hydrogens (primary N) is 1. The van der Waals surface area contributed by atoms with Crippen molar-refractivity contribution < 1.29 is 0 Å². The van der Waals surface area contributed by atoms with Crippen LogP contribution < -0.4 is 5.73 Å². The molecule has 3 heteroatoms. The van der Waals surface area contributed by atoms with Crippen molar-refractivity contribution in [3.63, 3.8) is 0 Å². The van der Waals surface area contributed by atoms with Gasteiger partial charge in [0.25, 0.3) is 0 Å². The minimum Gasteiger partial charge on any atom is -0.322 e. The zero-order valence-electron chi connectivity index (χ0n) is 10.9. The molecule has 0 amide bonds. The molecule has 1 aromatic heterocycles. The molecule has 17 heavy (non-hydrogen) atoms. The van der Waals surface area contributed by atoms with Gasteiger partial charge in [0.05, 0.1) is 5.69 Å². The molecule has 2 rings (SSSR count). The average Bonchev–Trinajstić information content (AvgIpc) is 2.38. The van der Waals surface area contributed by atoms with E-state index in [0.29, 0.717) is 5.92 Å². The maximum Gasteiger partial charge on any atom is 0.125 e. The molecule has 0 saturated heterocycles. The van der Waals surface area contributed by atoms with E-state index in [-0.39, 0.29) is 6.04 Å². The van der Waals surface area contributed by atoms with Gasteiger partial charge in [-0.1, -0.05) is 26.2 Å². The van der Waals surface area contributed by atoms with Crippen molar-refractivity contribution >= 4 is 0 Å². The lowest BCUT2D eigenvalue weighted by atomic mass is 9.77. The minimum absolute atomic E-state index is 0.0921. The Bertz CT molecular complexity index is 356. The predicted molar refractivity (Wildman–Crippen MR) is 69.4 cm³/mol. The van der Waals surface area contributed by atoms with E-state index in [1.807, 2.05) is 19.2 Å². The van der Waals surface area contributed by atoms with Crippen LogP contribution in [0.2, 0.25) is 0 Å². The molecule has 1 aromatic rings. The van der Waals surface area contributed by atoms with Crippen molar-refractivity contribution in [3.05, 3.63) is 23.8 Å². The van der Waals surface area contributed by atoms with Crippen LogP contribution in [0.1, 0.15) is 56.6 Å². The van der Waals surface area contributed by atoms with Crippen LogP contribution in [0.4, 0.5) is 0 Å². The molecule has 1 aliphatic rings. The molecule has 1 unspecified atom stereocenters. The van der Waals surface area contributed by atoms with Crippen LogP contribution in [0.25, 0.3) is 0 Å². The van der Waals surface area contributed by atoms with E-state index in [1.165, 1.54) is 32.1 Å². The van der Waals surface area contributed by atoms with Crippen LogP contribution in [0.15, 0.2) is 12.3 Å². The van der Waals surface area contributed by atoms with E-state index in [0.717, 1.165) is 17.4 Å². The molecule has 0 bridgehead atoms. The molecule has 2 N–H and O–H groups in total. The van der Waals surface area contributed by atoms with E-state index in [4.69, 9.17) is 5.73 Å². The van der Waals surface area contributed by atoms with Gasteiger partial charge in [-0.25, -0.2) is 9.97 Å². The summed E-state index contributed by atoms with van der Waals surface area (Å²) in [6.45, 7) is 4.21. The molecule has 1 aliphatic carbocycles. The lowest BCUT2D eigenvalue weighted by Gasteiger charge is -2.31. The van der Waals surface area contributed by atoms with E-state index in [1.54, 1.807) is 0 Å². The molecular formula is C14H23N3. The number of aromatic nitrogens is 2. The average molecular weight is 233 g/mol. The third-order valence-corrected chi connectivity index (χ3v) is 4.12. The highest BCUT2D eigenvalue weighted by atomic mass is 14.9. The standard InChI is InChI=1S/C14H23N3/c1-3-11-4-6-12(7-5-11)14(15)13-8-9-16-10(2)17-13/h8-9,11-12,14H,3-7,15H2,1-2H3. The van der Waals surface area contributed by atoms with Gasteiger partial charge in [0.15, 0.2) is 0 Å². The largest absolute Gasteiger partial charge is 0.322 e. The van der Waals surface area contributed by atoms with Gasteiger partial charge in [-0.05, 0) is 37.7 Å². The maximum atomic E-state index is 6.34. The monoisotopic (exact) mass is 233 g/mol. The quantitative estimate of drug-likeness (QED) is 0.873. The fraction of sp³-hybridized carbons (Fsp3) is 0.714. The van der Waals surface area contributed by atoms with Crippen LogP contribution in [-0.2, 0) is 0 Å². The van der Waals surface area contributed by atoms with Gasteiger partial charge in [-0.2, -0.15) is 0 Å². The Kier molecular flexibility index (Phi) is 4.11. The molecule has 0 aliphatic heterocycles. The number of nitrogens with zero attached hydrogens (tertiary/aromatic N) is 2. The Hall–Kier alpha value is -0.960. The SMILES string of the molecule is CCC1CCC(C(N)c2ccnc(C)n2)CC1. The zero-order valence-corrected chi connectivity index (χ0v) is 10.9. The van der Waals surface area contributed by atoms with Crippen molar-refractivity contribution in [1.29, 1.82) is 0 Å². The van der Waals surface area contributed by atoms with Gasteiger partial charge < -0.3 is 5.73 Å². The summed E-state index contributed by atoms with van der Waals surface area (Å²) < 4.78 is 0. The Morgan fingerprint density at radius 1 is 1.35 bits per heavy atom. The van der Waals surface area contributed by atoms with E-state index in [9.17, 15) is 0 Å². The van der Waals surface area contributed by atoms with Crippen molar-refractivity contribution in [3.8, 4) is 0 Å². The highest BCUT2D eigenvalue weighted by Crippen LogP contribution is 2.36. The van der Waals surface area contributed by atoms with Crippen molar-refractivity contribution in [1.82, 2.24) is 9.97 Å². The first kappa shape index (κ1) is 12.5. The Morgan fingerprint density at radius 2 is 2.06 bits per heavy atom. The summed E-state index contributed by atoms with van der Waals surface area (Å²) in [5.74, 6) is 2.35. The number of hydrogen-bond donors (Lipinski definition) is 1. The lowest BCUT2D eigenvalue weighted by Crippen LogP contribution is -2.26. The van der Waals surface area contributed by atoms with Crippen LogP contribution in [0, 0.1) is 18.8 Å². The molecule has 3 nitrogen and oxygen atoms in total. The van der Waals surface area contributed by atoms with Crippen molar-refractivity contribution in [2.45, 2.75) is 52.0 Å². The summed E-state index contributed by atoms with van der Waals surface area (Å²) in [5.41, 5.74) is 7.35. The molecule has 1 atom stereocenters. The first-order valence-corrected chi connectivity index (χ1v) is 6.75. The molecule has 0 spiro atoms. The van der Waals surface area contributed by atoms with Crippen LogP contribution in [0.3, 0.4) is 0 Å². The fourth-order valence-electron chi connectivity index (χ4n) is 2.86. The second-order valence-electron chi connectivity index (χ2n) is 5.24. The van der Waals surface area contributed by atoms with Gasteiger partial charge in [-0.3, -0.25) is 0 Å². The topological polar surface area (TPSA) is 51.8 Å². The van der Waals surface area contributed by atoms with Gasteiger partial charge in [-0.15, -0.1) is 0 Å². The van der Waals surface area contributed by atoms with Gasteiger partial charge in [0.2, 0.25) is 0 Å². The lowest BCUT2D eigenvalue weighted by molar-refractivity contribution is 0.238. The molecule has 1 heterocycles. The fourth-order valence-corrected chi connectivity index (χ4v) is 2.86. The molecule has 0 aromatic carbocycles. The molecule has 0 radical (unpaired) electrons. The Balaban J connectivity index is 1.99. The summed E-state index contributed by atoms with van der Waals surface area (Å²) >= 11 is 0. The molecular weight excluding hydrogens is 210 g/mol. The Labute approximate surface area is 104 Å². The third kappa shape index (κ3) is 3.03. The summed E-state index contributed by atoms with van der Waals surface area (Å²) in [6, 6.07) is 2.05. The van der Waals surface area contributed by atoms with Crippen molar-refractivity contribution in [2.75, 3.05) is 0 Å². The number of hydrogen-bond acceptors (Lipinski definition) is 3. The van der Waals surface area contributed by atoms with Gasteiger partial charge in [0.1, 0.15) is 5.82 Å². The normalized spacial score (nSPS) is 26.8. The third-order valence-electron chi connectivity index (χ3n) is 4.12. The minimum atomic E-state index is 0.0921. The summed E-state index contributed by atoms with van der Waals surface area (Å²) in [4.78, 5) is 8.58. The first-order chi connectivity index (χ1) is 8.20. The van der Waals surface area contributed by atoms with Gasteiger partial charge >= 0.3 is 0 Å². The predicted octanol–water partition coefficient (Wildman–Crippen LogP) is 3.00. The van der Waals surface area contributed by atoms with Crippen LogP contribution in [-0.4, -0.2) is 9.97 Å². The van der Waals surface area contributed by atoms with Crippen LogP contribution >= 0.6 is 0 Å². The first-order valence-electron chi connectivity index (χ1n) is 6.75. The van der Waals surface area contributed by atoms with E-state index < -0.39 is 0 Å². The molecule has 1 fully saturated rings. The van der Waals surface area contributed by atoms with E-state index >= 15 is 0 Å². The highest BCUT2D eigenvalue weighted by molar-refractivity contribution is 5.08. The summed E-state index contributed by atoms with van der Waals surface area (Å²) in [5, 5.41) is 0. The smallest absolute Gasteiger partial charge is 0.125 e. The number of aryl methyl sites for hydroxylation is 1. The maximum absolute atomic E-state index is 6.34.